The van der Waals surface area contributed by atoms with Gasteiger partial charge in [0.25, 0.3) is 0 Å². The quantitative estimate of drug-likeness (QED) is 0.765. The van der Waals surface area contributed by atoms with Gasteiger partial charge in [-0.05, 0) is 23.8 Å². The summed E-state index contributed by atoms with van der Waals surface area (Å²) in [4.78, 5) is 4.13. The largest absolute Gasteiger partial charge is 0.481 e. The normalized spacial score (nSPS) is 9.50. The van der Waals surface area contributed by atoms with Crippen LogP contribution in [0.5, 0.6) is 5.88 Å². The van der Waals surface area contributed by atoms with Gasteiger partial charge in [-0.3, -0.25) is 0 Å². The molecule has 0 aliphatic carbocycles. The van der Waals surface area contributed by atoms with Gasteiger partial charge in [0.15, 0.2) is 0 Å². The van der Waals surface area contributed by atoms with Gasteiger partial charge in [-0.1, -0.05) is 12.1 Å². The number of aromatic nitrogens is 1. The summed E-state index contributed by atoms with van der Waals surface area (Å²) < 4.78 is 4.99. The van der Waals surface area contributed by atoms with Gasteiger partial charge in [0, 0.05) is 17.8 Å². The Balaban J connectivity index is 2.32. The maximum Gasteiger partial charge on any atom is 0.212 e. The predicted octanol–water partition coefficient (Wildman–Crippen LogP) is 2.63. The summed E-state index contributed by atoms with van der Waals surface area (Å²) in [7, 11) is 1.59. The second-order valence-electron chi connectivity index (χ2n) is 3.28. The highest BCUT2D eigenvalue weighted by Crippen LogP contribution is 2.20. The zero-order valence-corrected chi connectivity index (χ0v) is 8.84. The molecule has 3 heteroatoms. The first-order chi connectivity index (χ1) is 7.83. The van der Waals surface area contributed by atoms with Crippen LogP contribution in [0.2, 0.25) is 0 Å². The summed E-state index contributed by atoms with van der Waals surface area (Å²) in [6, 6.07) is 13.2. The topological polar surface area (TPSA) is 45.9 Å². The first-order valence-electron chi connectivity index (χ1n) is 4.84. The fourth-order valence-electron chi connectivity index (χ4n) is 1.41. The van der Waals surface area contributed by atoms with E-state index in [1.165, 1.54) is 0 Å². The number of hydrogen-bond acceptors (Lipinski definition) is 3. The Morgan fingerprint density at radius 1 is 1.06 bits per heavy atom. The van der Waals surface area contributed by atoms with E-state index in [0.29, 0.717) is 11.4 Å². The molecule has 1 aromatic carbocycles. The predicted molar refractivity (Wildman–Crippen MR) is 60.9 cm³/mol. The van der Waals surface area contributed by atoms with Crippen molar-refractivity contribution in [3.63, 3.8) is 0 Å². The maximum absolute atomic E-state index is 8.69. The molecule has 0 atom stereocenters. The number of benzene rings is 1. The molecule has 2 aromatic rings. The van der Waals surface area contributed by atoms with Crippen molar-refractivity contribution in [1.29, 1.82) is 5.26 Å². The number of nitriles is 1. The van der Waals surface area contributed by atoms with Gasteiger partial charge in [0.1, 0.15) is 0 Å². The number of nitrogens with zero attached hydrogens (tertiary/aromatic N) is 2. The van der Waals surface area contributed by atoms with Crippen LogP contribution < -0.4 is 4.74 Å². The lowest BCUT2D eigenvalue weighted by molar-refractivity contribution is 0.398. The van der Waals surface area contributed by atoms with E-state index in [-0.39, 0.29) is 0 Å². The van der Waals surface area contributed by atoms with Crippen molar-refractivity contribution in [2.45, 2.75) is 0 Å². The zero-order valence-electron chi connectivity index (χ0n) is 8.84. The van der Waals surface area contributed by atoms with Crippen molar-refractivity contribution >= 4 is 0 Å². The van der Waals surface area contributed by atoms with Crippen LogP contribution in [0.25, 0.3) is 11.1 Å². The van der Waals surface area contributed by atoms with Gasteiger partial charge >= 0.3 is 0 Å². The molecule has 3 nitrogen and oxygen atoms in total. The van der Waals surface area contributed by atoms with Crippen LogP contribution in [0.1, 0.15) is 5.56 Å². The van der Waals surface area contributed by atoms with E-state index in [2.05, 4.69) is 11.1 Å². The van der Waals surface area contributed by atoms with Gasteiger partial charge in [0.05, 0.1) is 18.7 Å². The van der Waals surface area contributed by atoms with Crippen LogP contribution in [0, 0.1) is 11.3 Å². The highest BCUT2D eigenvalue weighted by Gasteiger charge is 1.99. The number of methoxy groups -OCH3 is 1. The third kappa shape index (κ3) is 2.01. The fraction of sp³-hybridized carbons (Fsp3) is 0.0769. The van der Waals surface area contributed by atoms with Gasteiger partial charge < -0.3 is 4.74 Å². The van der Waals surface area contributed by atoms with E-state index < -0.39 is 0 Å². The molecule has 2 rings (SSSR count). The minimum Gasteiger partial charge on any atom is -0.481 e. The van der Waals surface area contributed by atoms with Crippen molar-refractivity contribution in [2.75, 3.05) is 7.11 Å². The summed E-state index contributed by atoms with van der Waals surface area (Å²) in [5.41, 5.74) is 2.70. The third-order valence-electron chi connectivity index (χ3n) is 2.29. The second-order valence-corrected chi connectivity index (χ2v) is 3.28. The molecule has 0 aliphatic rings. The smallest absolute Gasteiger partial charge is 0.212 e. The number of rotatable bonds is 2. The fourth-order valence-corrected chi connectivity index (χ4v) is 1.41. The number of hydrogen-bond donors (Lipinski definition) is 0. The minimum absolute atomic E-state index is 0.595. The average Bonchev–Trinajstić information content (AvgIpc) is 2.39. The summed E-state index contributed by atoms with van der Waals surface area (Å²) in [5, 5.41) is 8.69. The molecule has 0 bridgehead atoms. The van der Waals surface area contributed by atoms with E-state index in [4.69, 9.17) is 10.00 Å². The van der Waals surface area contributed by atoms with Crippen LogP contribution in [0.3, 0.4) is 0 Å². The van der Waals surface area contributed by atoms with Crippen LogP contribution in [0.4, 0.5) is 0 Å². The van der Waals surface area contributed by atoms with E-state index >= 15 is 0 Å². The van der Waals surface area contributed by atoms with E-state index in [0.717, 1.165) is 11.1 Å². The number of pyridine rings is 1. The Morgan fingerprint density at radius 3 is 2.25 bits per heavy atom. The van der Waals surface area contributed by atoms with Gasteiger partial charge in [0.2, 0.25) is 5.88 Å². The van der Waals surface area contributed by atoms with Crippen LogP contribution in [-0.4, -0.2) is 12.1 Å². The molecule has 16 heavy (non-hydrogen) atoms. The Morgan fingerprint density at radius 2 is 1.75 bits per heavy atom. The SMILES string of the molecule is COc1ccc(-c2ccc(C#N)cc2)cn1. The molecule has 0 saturated carbocycles. The minimum atomic E-state index is 0.595. The van der Waals surface area contributed by atoms with E-state index in [9.17, 15) is 0 Å². The molecule has 0 radical (unpaired) electrons. The monoisotopic (exact) mass is 210 g/mol. The number of ether oxygens (including phenoxy) is 1. The average molecular weight is 210 g/mol. The molecule has 0 fully saturated rings. The Kier molecular flexibility index (Phi) is 2.84. The van der Waals surface area contributed by atoms with Crippen LogP contribution in [-0.2, 0) is 0 Å². The van der Waals surface area contributed by atoms with Gasteiger partial charge in [-0.15, -0.1) is 0 Å². The van der Waals surface area contributed by atoms with Crippen molar-refractivity contribution < 1.29 is 4.74 Å². The lowest BCUT2D eigenvalue weighted by Crippen LogP contribution is -1.87. The standard InChI is InChI=1S/C13H10N2O/c1-16-13-7-6-12(9-15-13)11-4-2-10(8-14)3-5-11/h2-7,9H,1H3. The van der Waals surface area contributed by atoms with Crippen molar-refractivity contribution in [2.24, 2.45) is 0 Å². The van der Waals surface area contributed by atoms with E-state index in [1.807, 2.05) is 24.3 Å². The molecular weight excluding hydrogens is 200 g/mol. The summed E-state index contributed by atoms with van der Waals surface area (Å²) in [5.74, 6) is 0.595. The zero-order chi connectivity index (χ0) is 11.4. The maximum atomic E-state index is 8.69. The van der Waals surface area contributed by atoms with Crippen LogP contribution >= 0.6 is 0 Å². The molecule has 1 aromatic heterocycles. The van der Waals surface area contributed by atoms with Crippen molar-refractivity contribution in [3.8, 4) is 23.1 Å². The summed E-state index contributed by atoms with van der Waals surface area (Å²) in [6.45, 7) is 0. The van der Waals surface area contributed by atoms with Crippen molar-refractivity contribution in [3.05, 3.63) is 48.2 Å². The van der Waals surface area contributed by atoms with E-state index in [1.54, 1.807) is 25.4 Å². The van der Waals surface area contributed by atoms with Gasteiger partial charge in [-0.2, -0.15) is 5.26 Å². The summed E-state index contributed by atoms with van der Waals surface area (Å²) in [6.07, 6.45) is 1.75. The molecule has 0 N–H and O–H groups in total. The molecule has 0 aliphatic heterocycles. The highest BCUT2D eigenvalue weighted by atomic mass is 16.5. The molecule has 0 amide bonds. The Bertz CT molecular complexity index is 509. The third-order valence-corrected chi connectivity index (χ3v) is 2.29. The molecule has 0 saturated heterocycles. The van der Waals surface area contributed by atoms with Gasteiger partial charge in [-0.25, -0.2) is 4.98 Å². The molecule has 0 spiro atoms. The molecule has 78 valence electrons. The Hall–Kier alpha value is -2.34. The first-order valence-corrected chi connectivity index (χ1v) is 4.84. The molecule has 0 unspecified atom stereocenters. The Labute approximate surface area is 93.9 Å². The summed E-state index contributed by atoms with van der Waals surface area (Å²) >= 11 is 0. The molecular formula is C13H10N2O. The second kappa shape index (κ2) is 4.45. The van der Waals surface area contributed by atoms with Crippen LogP contribution in [0.15, 0.2) is 42.6 Å². The highest BCUT2D eigenvalue weighted by molar-refractivity contribution is 5.63. The lowest BCUT2D eigenvalue weighted by Gasteiger charge is -2.02. The molecule has 1 heterocycles. The van der Waals surface area contributed by atoms with Crippen molar-refractivity contribution in [1.82, 2.24) is 4.98 Å². The first kappa shape index (κ1) is 10.2. The lowest BCUT2D eigenvalue weighted by atomic mass is 10.1.